The Morgan fingerprint density at radius 3 is 2.28 bits per heavy atom. The van der Waals surface area contributed by atoms with Crippen LogP contribution in [0.3, 0.4) is 0 Å². The fourth-order valence-electron chi connectivity index (χ4n) is 2.48. The summed E-state index contributed by atoms with van der Waals surface area (Å²) >= 11 is 0. The third kappa shape index (κ3) is 5.71. The minimum absolute atomic E-state index is 0.181. The monoisotopic (exact) mass is 343 g/mol. The summed E-state index contributed by atoms with van der Waals surface area (Å²) in [6, 6.07) is 6.93. The van der Waals surface area contributed by atoms with Crippen LogP contribution in [0.25, 0.3) is 0 Å². The molecule has 1 aliphatic rings. The summed E-state index contributed by atoms with van der Waals surface area (Å²) in [6.45, 7) is 7.62. The lowest BCUT2D eigenvalue weighted by Crippen LogP contribution is -2.41. The Morgan fingerprint density at radius 2 is 1.68 bits per heavy atom. The topological polar surface area (TPSA) is 61.9 Å². The van der Waals surface area contributed by atoms with Crippen LogP contribution in [0.2, 0.25) is 0 Å². The Labute approximate surface area is 149 Å². The van der Waals surface area contributed by atoms with E-state index in [1.807, 2.05) is 20.8 Å². The summed E-state index contributed by atoms with van der Waals surface area (Å²) in [6.07, 6.45) is 5.70. The predicted molar refractivity (Wildman–Crippen MR) is 97.4 cm³/mol. The zero-order chi connectivity index (χ0) is 18.4. The average Bonchev–Trinajstić information content (AvgIpc) is 2.80. The molecule has 0 unspecified atom stereocenters. The van der Waals surface area contributed by atoms with E-state index in [4.69, 9.17) is 11.2 Å². The molecule has 25 heavy (non-hydrogen) atoms. The molecule has 1 N–H and O–H groups in total. The van der Waals surface area contributed by atoms with Crippen molar-refractivity contribution in [3.05, 3.63) is 29.8 Å². The number of nitrogens with one attached hydrogen (secondary N) is 1. The molecule has 0 radical (unpaired) electrons. The van der Waals surface area contributed by atoms with Crippen LogP contribution in [0.15, 0.2) is 24.3 Å². The van der Waals surface area contributed by atoms with Gasteiger partial charge in [0.15, 0.2) is 0 Å². The Balaban J connectivity index is 1.90. The second-order valence-corrected chi connectivity index (χ2v) is 6.96. The Kier molecular flexibility index (Phi) is 5.92. The number of urea groups is 1. The minimum Gasteiger partial charge on any atom is -0.444 e. The van der Waals surface area contributed by atoms with Crippen molar-refractivity contribution in [2.45, 2.75) is 32.8 Å². The van der Waals surface area contributed by atoms with Crippen LogP contribution >= 0.6 is 0 Å². The highest BCUT2D eigenvalue weighted by Crippen LogP contribution is 2.14. The van der Waals surface area contributed by atoms with Crippen molar-refractivity contribution in [3.63, 3.8) is 0 Å². The van der Waals surface area contributed by atoms with Gasteiger partial charge in [-0.25, -0.2) is 9.59 Å². The Morgan fingerprint density at radius 1 is 1.08 bits per heavy atom. The number of hydrogen-bond acceptors (Lipinski definition) is 3. The molecule has 0 aliphatic carbocycles. The van der Waals surface area contributed by atoms with E-state index in [-0.39, 0.29) is 12.1 Å². The molecule has 3 amide bonds. The smallest absolute Gasteiger partial charge is 0.410 e. The maximum atomic E-state index is 12.4. The molecule has 134 valence electrons. The number of rotatable bonds is 1. The molecular weight excluding hydrogens is 318 g/mol. The van der Waals surface area contributed by atoms with Gasteiger partial charge in [0.25, 0.3) is 0 Å². The zero-order valence-corrected chi connectivity index (χ0v) is 15.0. The molecule has 6 nitrogen and oxygen atoms in total. The molecule has 1 heterocycles. The van der Waals surface area contributed by atoms with Crippen molar-refractivity contribution >= 4 is 17.8 Å². The Bertz CT molecular complexity index is 656. The Hall–Kier alpha value is -2.68. The van der Waals surface area contributed by atoms with E-state index in [0.717, 1.165) is 5.56 Å². The molecule has 1 aromatic rings. The predicted octanol–water partition coefficient (Wildman–Crippen LogP) is 3.14. The molecule has 0 saturated carbocycles. The summed E-state index contributed by atoms with van der Waals surface area (Å²) < 4.78 is 5.40. The summed E-state index contributed by atoms with van der Waals surface area (Å²) in [5.41, 5.74) is 0.934. The molecule has 0 aromatic heterocycles. The van der Waals surface area contributed by atoms with Crippen molar-refractivity contribution in [1.29, 1.82) is 0 Å². The summed E-state index contributed by atoms with van der Waals surface area (Å²) in [4.78, 5) is 27.9. The van der Waals surface area contributed by atoms with Gasteiger partial charge in [-0.2, -0.15) is 0 Å². The third-order valence-electron chi connectivity index (χ3n) is 3.74. The van der Waals surface area contributed by atoms with E-state index < -0.39 is 5.60 Å². The van der Waals surface area contributed by atoms with Crippen LogP contribution in [-0.4, -0.2) is 53.7 Å². The molecule has 6 heteroatoms. The van der Waals surface area contributed by atoms with E-state index in [1.54, 1.807) is 34.1 Å². The highest BCUT2D eigenvalue weighted by molar-refractivity contribution is 5.89. The SMILES string of the molecule is C#Cc1ccc(NC(=O)N2CCCN(C(=O)OC(C)(C)C)CC2)cc1. The van der Waals surface area contributed by atoms with Crippen LogP contribution in [0.1, 0.15) is 32.8 Å². The number of hydrogen-bond donors (Lipinski definition) is 1. The van der Waals surface area contributed by atoms with E-state index in [0.29, 0.717) is 38.3 Å². The first-order valence-corrected chi connectivity index (χ1v) is 8.39. The van der Waals surface area contributed by atoms with Gasteiger partial charge in [-0.15, -0.1) is 6.42 Å². The molecule has 0 atom stereocenters. The van der Waals surface area contributed by atoms with E-state index in [1.165, 1.54) is 0 Å². The molecule has 1 fully saturated rings. The van der Waals surface area contributed by atoms with Gasteiger partial charge in [-0.1, -0.05) is 5.92 Å². The normalized spacial score (nSPS) is 15.1. The first-order chi connectivity index (χ1) is 11.8. The largest absolute Gasteiger partial charge is 0.444 e. The number of carbonyl (C=O) groups excluding carboxylic acids is 2. The van der Waals surface area contributed by atoms with Gasteiger partial charge in [0.2, 0.25) is 0 Å². The standard InChI is InChI=1S/C19H25N3O3/c1-5-15-7-9-16(10-8-15)20-17(23)21-11-6-12-22(14-13-21)18(24)25-19(2,3)4/h1,7-10H,6,11-14H2,2-4H3,(H,20,23). The second kappa shape index (κ2) is 7.93. The first-order valence-electron chi connectivity index (χ1n) is 8.39. The lowest BCUT2D eigenvalue weighted by Gasteiger charge is -2.26. The number of ether oxygens (including phenoxy) is 1. The van der Waals surface area contributed by atoms with Crippen LogP contribution in [-0.2, 0) is 4.74 Å². The third-order valence-corrected chi connectivity index (χ3v) is 3.74. The quantitative estimate of drug-likeness (QED) is 0.797. The maximum absolute atomic E-state index is 12.4. The molecule has 1 aromatic carbocycles. The van der Waals surface area contributed by atoms with Gasteiger partial charge >= 0.3 is 12.1 Å². The molecule has 1 saturated heterocycles. The van der Waals surface area contributed by atoms with Gasteiger partial charge in [0.1, 0.15) is 5.60 Å². The van der Waals surface area contributed by atoms with Crippen molar-refractivity contribution in [1.82, 2.24) is 9.80 Å². The van der Waals surface area contributed by atoms with Crippen LogP contribution < -0.4 is 5.32 Å². The van der Waals surface area contributed by atoms with Crippen molar-refractivity contribution in [3.8, 4) is 12.3 Å². The minimum atomic E-state index is -0.523. The number of nitrogens with zero attached hydrogens (tertiary/aromatic N) is 2. The lowest BCUT2D eigenvalue weighted by molar-refractivity contribution is 0.0259. The maximum Gasteiger partial charge on any atom is 0.410 e. The number of benzene rings is 1. The highest BCUT2D eigenvalue weighted by atomic mass is 16.6. The fraction of sp³-hybridized carbons (Fsp3) is 0.474. The number of terminal acetylenes is 1. The fourth-order valence-corrected chi connectivity index (χ4v) is 2.48. The van der Waals surface area contributed by atoms with Crippen LogP contribution in [0.4, 0.5) is 15.3 Å². The summed E-state index contributed by atoms with van der Waals surface area (Å²) in [5.74, 6) is 2.54. The van der Waals surface area contributed by atoms with Gasteiger partial charge in [0.05, 0.1) is 0 Å². The lowest BCUT2D eigenvalue weighted by atomic mass is 10.2. The molecule has 0 spiro atoms. The molecule has 1 aliphatic heterocycles. The number of amides is 3. The van der Waals surface area contributed by atoms with E-state index >= 15 is 0 Å². The zero-order valence-electron chi connectivity index (χ0n) is 15.0. The molecule has 2 rings (SSSR count). The van der Waals surface area contributed by atoms with Gasteiger partial charge in [-0.3, -0.25) is 0 Å². The van der Waals surface area contributed by atoms with Gasteiger partial charge in [-0.05, 0) is 51.5 Å². The highest BCUT2D eigenvalue weighted by Gasteiger charge is 2.25. The molecular formula is C19H25N3O3. The van der Waals surface area contributed by atoms with Gasteiger partial charge < -0.3 is 19.9 Å². The number of anilines is 1. The van der Waals surface area contributed by atoms with Crippen molar-refractivity contribution in [2.75, 3.05) is 31.5 Å². The van der Waals surface area contributed by atoms with Crippen LogP contribution in [0.5, 0.6) is 0 Å². The van der Waals surface area contributed by atoms with E-state index in [9.17, 15) is 9.59 Å². The van der Waals surface area contributed by atoms with Crippen molar-refractivity contribution < 1.29 is 14.3 Å². The molecule has 0 bridgehead atoms. The summed E-state index contributed by atoms with van der Waals surface area (Å²) in [5, 5.41) is 2.86. The van der Waals surface area contributed by atoms with Crippen LogP contribution in [0, 0.1) is 12.3 Å². The van der Waals surface area contributed by atoms with Gasteiger partial charge in [0, 0.05) is 37.4 Å². The second-order valence-electron chi connectivity index (χ2n) is 6.96. The van der Waals surface area contributed by atoms with Crippen molar-refractivity contribution in [2.24, 2.45) is 0 Å². The van der Waals surface area contributed by atoms with E-state index in [2.05, 4.69) is 11.2 Å². The summed E-state index contributed by atoms with van der Waals surface area (Å²) in [7, 11) is 0. The first kappa shape index (κ1) is 18.7. The average molecular weight is 343 g/mol. The number of carbonyl (C=O) groups is 2.